The smallest absolute Gasteiger partial charge is 0.140 e. The number of anilines is 1. The molecule has 1 saturated heterocycles. The molecule has 0 spiro atoms. The summed E-state index contributed by atoms with van der Waals surface area (Å²) in [6.45, 7) is 2.08. The van der Waals surface area contributed by atoms with E-state index in [4.69, 9.17) is 5.26 Å². The van der Waals surface area contributed by atoms with Gasteiger partial charge >= 0.3 is 0 Å². The number of likely N-dealkylation sites (N-methyl/N-ethyl adjacent to an activating group) is 1. The average Bonchev–Trinajstić information content (AvgIpc) is 2.78. The first kappa shape index (κ1) is 10.9. The van der Waals surface area contributed by atoms with Gasteiger partial charge < -0.3 is 10.2 Å². The number of nitrogens with one attached hydrogen (secondary N) is 1. The van der Waals surface area contributed by atoms with Crippen LogP contribution in [-0.4, -0.2) is 31.2 Å². The minimum atomic E-state index is 0.480. The number of hydrogen-bond donors (Lipinski definition) is 1. The molecule has 4 nitrogen and oxygen atoms in total. The molecule has 4 heteroatoms. The molecule has 1 aliphatic rings. The van der Waals surface area contributed by atoms with E-state index in [0.29, 0.717) is 11.7 Å². The van der Waals surface area contributed by atoms with Crippen LogP contribution in [-0.2, 0) is 0 Å². The van der Waals surface area contributed by atoms with E-state index < -0.39 is 0 Å². The van der Waals surface area contributed by atoms with Crippen LogP contribution in [0.1, 0.15) is 18.5 Å². The number of aromatic nitrogens is 1. The van der Waals surface area contributed by atoms with E-state index in [0.717, 1.165) is 18.8 Å². The average molecular weight is 216 g/mol. The van der Waals surface area contributed by atoms with E-state index in [-0.39, 0.29) is 0 Å². The number of hydrogen-bond acceptors (Lipinski definition) is 4. The molecule has 0 aliphatic carbocycles. The molecule has 1 N–H and O–H groups in total. The summed E-state index contributed by atoms with van der Waals surface area (Å²) in [5.74, 6) is 0. The van der Waals surface area contributed by atoms with Crippen LogP contribution in [0.3, 0.4) is 0 Å². The summed E-state index contributed by atoms with van der Waals surface area (Å²) in [4.78, 5) is 6.48. The zero-order valence-corrected chi connectivity index (χ0v) is 9.48. The Labute approximate surface area is 95.9 Å². The summed E-state index contributed by atoms with van der Waals surface area (Å²) >= 11 is 0. The first-order chi connectivity index (χ1) is 7.85. The van der Waals surface area contributed by atoms with Gasteiger partial charge in [-0.25, -0.2) is 4.98 Å². The second kappa shape index (κ2) is 4.95. The van der Waals surface area contributed by atoms with E-state index in [1.807, 2.05) is 19.2 Å². The third-order valence-corrected chi connectivity index (χ3v) is 3.01. The summed E-state index contributed by atoms with van der Waals surface area (Å²) in [6, 6.07) is 6.36. The molecule has 0 saturated carbocycles. The van der Waals surface area contributed by atoms with Crippen LogP contribution in [0.25, 0.3) is 0 Å². The Morgan fingerprint density at radius 2 is 2.50 bits per heavy atom. The Bertz CT molecular complexity index is 379. The van der Waals surface area contributed by atoms with E-state index in [2.05, 4.69) is 15.2 Å². The van der Waals surface area contributed by atoms with Gasteiger partial charge in [-0.15, -0.1) is 0 Å². The van der Waals surface area contributed by atoms with Crippen molar-refractivity contribution in [1.82, 2.24) is 10.3 Å². The van der Waals surface area contributed by atoms with Crippen molar-refractivity contribution in [1.29, 1.82) is 5.26 Å². The third-order valence-electron chi connectivity index (χ3n) is 3.01. The van der Waals surface area contributed by atoms with Gasteiger partial charge in [0, 0.05) is 19.1 Å². The van der Waals surface area contributed by atoms with Gasteiger partial charge in [-0.2, -0.15) is 5.26 Å². The largest absolute Gasteiger partial charge is 0.366 e. The fourth-order valence-electron chi connectivity index (χ4n) is 2.25. The molecule has 1 aromatic rings. The third kappa shape index (κ3) is 2.15. The van der Waals surface area contributed by atoms with E-state index >= 15 is 0 Å². The highest BCUT2D eigenvalue weighted by molar-refractivity contribution is 5.48. The molecule has 1 fully saturated rings. The molecule has 2 heterocycles. The number of pyridine rings is 1. The number of nitriles is 1. The maximum atomic E-state index is 8.69. The summed E-state index contributed by atoms with van der Waals surface area (Å²) in [5.41, 5.74) is 1.60. The molecular formula is C12H16N4. The zero-order valence-electron chi connectivity index (χ0n) is 9.48. The van der Waals surface area contributed by atoms with Crippen molar-refractivity contribution < 1.29 is 0 Å². The minimum Gasteiger partial charge on any atom is -0.366 e. The predicted molar refractivity (Wildman–Crippen MR) is 63.2 cm³/mol. The highest BCUT2D eigenvalue weighted by Crippen LogP contribution is 2.24. The van der Waals surface area contributed by atoms with Crippen molar-refractivity contribution in [3.63, 3.8) is 0 Å². The topological polar surface area (TPSA) is 52.0 Å². The highest BCUT2D eigenvalue weighted by atomic mass is 15.2. The van der Waals surface area contributed by atoms with Gasteiger partial charge in [-0.05, 0) is 32.0 Å². The molecule has 1 aromatic heterocycles. The molecular weight excluding hydrogens is 200 g/mol. The number of nitrogens with zero attached hydrogens (tertiary/aromatic N) is 3. The molecule has 16 heavy (non-hydrogen) atoms. The van der Waals surface area contributed by atoms with Crippen LogP contribution in [0.15, 0.2) is 18.3 Å². The molecule has 0 radical (unpaired) electrons. The summed E-state index contributed by atoms with van der Waals surface area (Å²) in [5, 5.41) is 11.9. The normalized spacial score (nSPS) is 19.8. The monoisotopic (exact) mass is 216 g/mol. The van der Waals surface area contributed by atoms with Gasteiger partial charge in [0.1, 0.15) is 11.8 Å². The van der Waals surface area contributed by atoms with Gasteiger partial charge in [0.2, 0.25) is 0 Å². The van der Waals surface area contributed by atoms with Gasteiger partial charge in [-0.3, -0.25) is 0 Å². The van der Waals surface area contributed by atoms with Crippen LogP contribution < -0.4 is 10.2 Å². The molecule has 1 unspecified atom stereocenters. The first-order valence-corrected chi connectivity index (χ1v) is 5.62. The Hall–Kier alpha value is -1.60. The Morgan fingerprint density at radius 1 is 1.62 bits per heavy atom. The van der Waals surface area contributed by atoms with Gasteiger partial charge in [-0.1, -0.05) is 0 Å². The maximum absolute atomic E-state index is 8.69. The van der Waals surface area contributed by atoms with Gasteiger partial charge in [0.25, 0.3) is 0 Å². The molecule has 0 bridgehead atoms. The fraction of sp³-hybridized carbons (Fsp3) is 0.500. The molecule has 1 atom stereocenters. The molecule has 84 valence electrons. The van der Waals surface area contributed by atoms with Gasteiger partial charge in [0.05, 0.1) is 11.9 Å². The molecule has 0 aromatic carbocycles. The summed E-state index contributed by atoms with van der Waals surface area (Å²) in [6.07, 6.45) is 4.25. The Morgan fingerprint density at radius 3 is 3.12 bits per heavy atom. The lowest BCUT2D eigenvalue weighted by atomic mass is 10.2. The zero-order chi connectivity index (χ0) is 11.4. The second-order valence-corrected chi connectivity index (χ2v) is 4.06. The van der Waals surface area contributed by atoms with Crippen LogP contribution >= 0.6 is 0 Å². The van der Waals surface area contributed by atoms with Crippen LogP contribution in [0.5, 0.6) is 0 Å². The lowest BCUT2D eigenvalue weighted by molar-refractivity contribution is 0.615. The van der Waals surface area contributed by atoms with Gasteiger partial charge in [0.15, 0.2) is 0 Å². The Balaban J connectivity index is 2.13. The first-order valence-electron chi connectivity index (χ1n) is 5.62. The fourth-order valence-corrected chi connectivity index (χ4v) is 2.25. The SMILES string of the molecule is CNCC1CCCN1c1ccc(C#N)nc1. The van der Waals surface area contributed by atoms with Crippen LogP contribution in [0.2, 0.25) is 0 Å². The number of rotatable bonds is 3. The van der Waals surface area contributed by atoms with E-state index in [1.54, 1.807) is 12.3 Å². The van der Waals surface area contributed by atoms with Crippen LogP contribution in [0.4, 0.5) is 5.69 Å². The molecule has 0 amide bonds. The van der Waals surface area contributed by atoms with Crippen molar-refractivity contribution in [3.8, 4) is 6.07 Å². The van der Waals surface area contributed by atoms with Crippen molar-refractivity contribution >= 4 is 5.69 Å². The van der Waals surface area contributed by atoms with E-state index in [1.165, 1.54) is 12.8 Å². The Kier molecular flexibility index (Phi) is 3.37. The van der Waals surface area contributed by atoms with Crippen molar-refractivity contribution in [2.75, 3.05) is 25.0 Å². The predicted octanol–water partition coefficient (Wildman–Crippen LogP) is 1.14. The maximum Gasteiger partial charge on any atom is 0.140 e. The van der Waals surface area contributed by atoms with Crippen molar-refractivity contribution in [2.24, 2.45) is 0 Å². The summed E-state index contributed by atoms with van der Waals surface area (Å²) in [7, 11) is 1.98. The second-order valence-electron chi connectivity index (χ2n) is 4.06. The van der Waals surface area contributed by atoms with Crippen LogP contribution in [0, 0.1) is 11.3 Å². The lowest BCUT2D eigenvalue weighted by Crippen LogP contribution is -2.36. The van der Waals surface area contributed by atoms with Crippen molar-refractivity contribution in [2.45, 2.75) is 18.9 Å². The standard InChI is InChI=1S/C12H16N4/c1-14-8-11-3-2-6-16(11)12-5-4-10(7-13)15-9-12/h4-5,9,11,14H,2-3,6,8H2,1H3. The highest BCUT2D eigenvalue weighted by Gasteiger charge is 2.23. The lowest BCUT2D eigenvalue weighted by Gasteiger charge is -2.26. The molecule has 2 rings (SSSR count). The van der Waals surface area contributed by atoms with E-state index in [9.17, 15) is 0 Å². The summed E-state index contributed by atoms with van der Waals surface area (Å²) < 4.78 is 0. The molecule has 1 aliphatic heterocycles. The quantitative estimate of drug-likeness (QED) is 0.823. The van der Waals surface area contributed by atoms with Crippen molar-refractivity contribution in [3.05, 3.63) is 24.0 Å². The minimum absolute atomic E-state index is 0.480.